The molecule has 0 aliphatic heterocycles. The smallest absolute Gasteiger partial charge is 0.219 e. The van der Waals surface area contributed by atoms with Crippen LogP contribution in [0.25, 0.3) is 0 Å². The number of nitrogens with one attached hydrogen (secondary N) is 2. The van der Waals surface area contributed by atoms with Crippen LogP contribution in [0, 0.1) is 0 Å². The number of para-hydroxylation sites is 1. The summed E-state index contributed by atoms with van der Waals surface area (Å²) in [5.74, 6) is 1.33. The first kappa shape index (κ1) is 15.5. The summed E-state index contributed by atoms with van der Waals surface area (Å²) in [4.78, 5) is 4.21. The van der Waals surface area contributed by atoms with Gasteiger partial charge >= 0.3 is 0 Å². The Morgan fingerprint density at radius 2 is 1.83 bits per heavy atom. The van der Waals surface area contributed by atoms with E-state index in [4.69, 9.17) is 4.74 Å². The van der Waals surface area contributed by atoms with Crippen molar-refractivity contribution in [1.82, 2.24) is 10.4 Å². The van der Waals surface area contributed by atoms with Gasteiger partial charge in [0.1, 0.15) is 5.75 Å². The van der Waals surface area contributed by atoms with Crippen molar-refractivity contribution < 1.29 is 4.74 Å². The van der Waals surface area contributed by atoms with E-state index in [0.29, 0.717) is 12.4 Å². The van der Waals surface area contributed by atoms with E-state index in [2.05, 4.69) is 31.8 Å². The molecule has 0 atom stereocenters. The Morgan fingerprint density at radius 1 is 0.957 bits per heavy atom. The highest BCUT2D eigenvalue weighted by Gasteiger charge is 2.00. The molecule has 0 aliphatic rings. The molecular weight excluding hydrogens is 354 g/mol. The molecule has 0 amide bonds. The van der Waals surface area contributed by atoms with Crippen molar-refractivity contribution in [1.29, 1.82) is 0 Å². The lowest BCUT2D eigenvalue weighted by atomic mass is 10.2. The molecule has 0 bridgehead atoms. The van der Waals surface area contributed by atoms with Crippen LogP contribution < -0.4 is 15.6 Å². The number of halogens is 1. The molecule has 0 unspecified atom stereocenters. The third-order valence-electron chi connectivity index (χ3n) is 3.12. The molecule has 2 N–H and O–H groups in total. The van der Waals surface area contributed by atoms with Crippen molar-refractivity contribution in [2.24, 2.45) is 0 Å². The maximum Gasteiger partial charge on any atom is 0.219 e. The quantitative estimate of drug-likeness (QED) is 0.615. The van der Waals surface area contributed by atoms with Crippen molar-refractivity contribution >= 4 is 21.6 Å². The summed E-state index contributed by atoms with van der Waals surface area (Å²) in [7, 11) is 0. The summed E-state index contributed by atoms with van der Waals surface area (Å²) in [5.41, 5.74) is 8.49. The number of nitrogens with zero attached hydrogens (tertiary/aromatic N) is 1. The van der Waals surface area contributed by atoms with Gasteiger partial charge in [0.15, 0.2) is 0 Å². The van der Waals surface area contributed by atoms with Gasteiger partial charge in [0.2, 0.25) is 5.88 Å². The summed E-state index contributed by atoms with van der Waals surface area (Å²) in [6.45, 7) is 0.680. The maximum atomic E-state index is 5.76. The summed E-state index contributed by atoms with van der Waals surface area (Å²) < 4.78 is 6.68. The first-order chi connectivity index (χ1) is 11.3. The molecule has 0 saturated carbocycles. The lowest BCUT2D eigenvalue weighted by molar-refractivity contribution is 0.462. The number of hydrogen-bond acceptors (Lipinski definition) is 4. The average molecular weight is 370 g/mol. The Labute approximate surface area is 143 Å². The Balaban J connectivity index is 1.57. The lowest BCUT2D eigenvalue weighted by Crippen LogP contribution is -2.20. The molecule has 0 spiro atoms. The summed E-state index contributed by atoms with van der Waals surface area (Å²) in [6.07, 6.45) is 1.71. The van der Waals surface area contributed by atoms with Gasteiger partial charge in [0, 0.05) is 29.0 Å². The highest BCUT2D eigenvalue weighted by atomic mass is 79.9. The number of benzene rings is 2. The normalized spacial score (nSPS) is 10.3. The van der Waals surface area contributed by atoms with E-state index in [1.54, 1.807) is 6.20 Å². The molecule has 116 valence electrons. The zero-order chi connectivity index (χ0) is 15.9. The fourth-order valence-corrected chi connectivity index (χ4v) is 2.27. The summed E-state index contributed by atoms with van der Waals surface area (Å²) in [5, 5.41) is 0. The maximum absolute atomic E-state index is 5.76. The largest absolute Gasteiger partial charge is 0.439 e. The zero-order valence-corrected chi connectivity index (χ0v) is 14.0. The first-order valence-electron chi connectivity index (χ1n) is 7.22. The van der Waals surface area contributed by atoms with Crippen LogP contribution in [-0.2, 0) is 6.54 Å². The monoisotopic (exact) mass is 369 g/mol. The Hall–Kier alpha value is -2.37. The topological polar surface area (TPSA) is 46.2 Å². The minimum absolute atomic E-state index is 0.570. The van der Waals surface area contributed by atoms with Gasteiger partial charge in [-0.15, -0.1) is 0 Å². The number of ether oxygens (including phenoxy) is 1. The van der Waals surface area contributed by atoms with E-state index >= 15 is 0 Å². The van der Waals surface area contributed by atoms with Crippen LogP contribution >= 0.6 is 15.9 Å². The van der Waals surface area contributed by atoms with Crippen LogP contribution in [0.2, 0.25) is 0 Å². The van der Waals surface area contributed by atoms with Gasteiger partial charge in [-0.25, -0.2) is 10.4 Å². The fraction of sp³-hybridized carbons (Fsp3) is 0.0556. The third-order valence-corrected chi connectivity index (χ3v) is 3.59. The lowest BCUT2D eigenvalue weighted by Gasteiger charge is -2.10. The number of anilines is 1. The van der Waals surface area contributed by atoms with Gasteiger partial charge in [0.25, 0.3) is 0 Å². The predicted molar refractivity (Wildman–Crippen MR) is 95.4 cm³/mol. The SMILES string of the molecule is Brc1ccc(Oc2cccc(CNNc3ccccc3)c2)nc1. The fourth-order valence-electron chi connectivity index (χ4n) is 2.03. The molecule has 0 aliphatic carbocycles. The van der Waals surface area contributed by atoms with Crippen molar-refractivity contribution in [2.75, 3.05) is 5.43 Å². The highest BCUT2D eigenvalue weighted by Crippen LogP contribution is 2.21. The van der Waals surface area contributed by atoms with Crippen LogP contribution in [0.4, 0.5) is 5.69 Å². The Morgan fingerprint density at radius 3 is 2.61 bits per heavy atom. The predicted octanol–water partition coefficient (Wildman–Crippen LogP) is 4.75. The van der Waals surface area contributed by atoms with Crippen LogP contribution in [0.5, 0.6) is 11.6 Å². The molecule has 5 heteroatoms. The van der Waals surface area contributed by atoms with Gasteiger partial charge in [-0.3, -0.25) is 0 Å². The molecule has 4 nitrogen and oxygen atoms in total. The minimum atomic E-state index is 0.570. The second-order valence-electron chi connectivity index (χ2n) is 4.91. The van der Waals surface area contributed by atoms with E-state index in [1.165, 1.54) is 0 Å². The molecule has 3 aromatic rings. The summed E-state index contributed by atoms with van der Waals surface area (Å²) >= 11 is 3.36. The van der Waals surface area contributed by atoms with Gasteiger partial charge in [0.05, 0.1) is 0 Å². The molecule has 2 aromatic carbocycles. The van der Waals surface area contributed by atoms with Crippen LogP contribution in [0.1, 0.15) is 5.56 Å². The van der Waals surface area contributed by atoms with E-state index in [0.717, 1.165) is 21.5 Å². The second-order valence-corrected chi connectivity index (χ2v) is 5.82. The molecule has 0 saturated heterocycles. The first-order valence-corrected chi connectivity index (χ1v) is 8.01. The van der Waals surface area contributed by atoms with Crippen molar-refractivity contribution in [3.8, 4) is 11.6 Å². The number of pyridine rings is 1. The van der Waals surface area contributed by atoms with Gasteiger partial charge < -0.3 is 10.2 Å². The van der Waals surface area contributed by atoms with Crippen molar-refractivity contribution in [3.05, 3.63) is 83.0 Å². The van der Waals surface area contributed by atoms with Crippen LogP contribution in [0.3, 0.4) is 0 Å². The molecule has 3 rings (SSSR count). The number of hydrogen-bond donors (Lipinski definition) is 2. The van der Waals surface area contributed by atoms with E-state index in [9.17, 15) is 0 Å². The van der Waals surface area contributed by atoms with Crippen molar-refractivity contribution in [2.45, 2.75) is 6.54 Å². The third kappa shape index (κ3) is 4.81. The van der Waals surface area contributed by atoms with E-state index < -0.39 is 0 Å². The molecule has 1 heterocycles. The van der Waals surface area contributed by atoms with Crippen LogP contribution in [-0.4, -0.2) is 4.98 Å². The Kier molecular flexibility index (Phi) is 5.24. The molecule has 0 radical (unpaired) electrons. The van der Waals surface area contributed by atoms with Gasteiger partial charge in [-0.05, 0) is 51.8 Å². The number of rotatable bonds is 6. The summed E-state index contributed by atoms with van der Waals surface area (Å²) in [6, 6.07) is 21.6. The van der Waals surface area contributed by atoms with E-state index in [-0.39, 0.29) is 0 Å². The van der Waals surface area contributed by atoms with Gasteiger partial charge in [-0.1, -0.05) is 30.3 Å². The van der Waals surface area contributed by atoms with E-state index in [1.807, 2.05) is 66.7 Å². The standard InChI is InChI=1S/C18H16BrN3O/c19-15-9-10-18(20-13-15)23-17-8-4-5-14(11-17)12-21-22-16-6-2-1-3-7-16/h1-11,13,21-22H,12H2. The second kappa shape index (κ2) is 7.76. The highest BCUT2D eigenvalue weighted by molar-refractivity contribution is 9.10. The molecule has 0 fully saturated rings. The van der Waals surface area contributed by atoms with Crippen molar-refractivity contribution in [3.63, 3.8) is 0 Å². The number of hydrazine groups is 1. The van der Waals surface area contributed by atoms with Gasteiger partial charge in [-0.2, -0.15) is 0 Å². The average Bonchev–Trinajstić information content (AvgIpc) is 2.58. The minimum Gasteiger partial charge on any atom is -0.439 e. The molecule has 1 aromatic heterocycles. The number of aromatic nitrogens is 1. The zero-order valence-electron chi connectivity index (χ0n) is 12.4. The Bertz CT molecular complexity index is 748. The van der Waals surface area contributed by atoms with Crippen LogP contribution in [0.15, 0.2) is 77.4 Å². The molecular formula is C18H16BrN3O. The molecule has 23 heavy (non-hydrogen) atoms.